The zero-order chi connectivity index (χ0) is 21.3. The van der Waals surface area contributed by atoms with Crippen molar-refractivity contribution in [1.29, 1.82) is 0 Å². The molecule has 2 aromatic carbocycles. The van der Waals surface area contributed by atoms with E-state index < -0.39 is 0 Å². The van der Waals surface area contributed by atoms with E-state index in [9.17, 15) is 0 Å². The average molecular weight is 540 g/mol. The Bertz CT molecular complexity index is 840. The van der Waals surface area contributed by atoms with Crippen molar-refractivity contribution in [3.63, 3.8) is 0 Å². The standard InChI is InChI=1S/C23H32N4O3.HI/c1-5-30-20-8-6-7-17(11-20)15-25-23(24-2)26-18-9-10-27(16-18)19-12-21(28-3)14-22(13-19)29-4;/h6-8,11-14,18H,5,9-10,15-16H2,1-4H3,(H2,24,25,26);1H. The number of halogens is 1. The van der Waals surface area contributed by atoms with Crippen LogP contribution in [-0.2, 0) is 6.54 Å². The molecule has 0 amide bonds. The maximum Gasteiger partial charge on any atom is 0.191 e. The average Bonchev–Trinajstić information content (AvgIpc) is 3.25. The first-order valence-corrected chi connectivity index (χ1v) is 10.3. The van der Waals surface area contributed by atoms with Crippen molar-refractivity contribution in [2.24, 2.45) is 4.99 Å². The molecule has 3 rings (SSSR count). The van der Waals surface area contributed by atoms with Gasteiger partial charge in [-0.2, -0.15) is 0 Å². The van der Waals surface area contributed by atoms with Gasteiger partial charge in [0.2, 0.25) is 0 Å². The minimum absolute atomic E-state index is 0. The summed E-state index contributed by atoms with van der Waals surface area (Å²) in [7, 11) is 5.14. The predicted octanol–water partition coefficient (Wildman–Crippen LogP) is 3.66. The molecule has 1 aliphatic heterocycles. The van der Waals surface area contributed by atoms with Gasteiger partial charge in [0, 0.05) is 56.6 Å². The maximum absolute atomic E-state index is 5.58. The van der Waals surface area contributed by atoms with Gasteiger partial charge in [-0.1, -0.05) is 12.1 Å². The Hall–Kier alpha value is -2.36. The summed E-state index contributed by atoms with van der Waals surface area (Å²) in [6.45, 7) is 5.18. The SMILES string of the molecule is CCOc1cccc(CNC(=NC)NC2CCN(c3cc(OC)cc(OC)c3)C2)c1.I. The first-order valence-electron chi connectivity index (χ1n) is 10.3. The molecule has 170 valence electrons. The second-order valence-corrected chi connectivity index (χ2v) is 7.15. The number of methoxy groups -OCH3 is 2. The lowest BCUT2D eigenvalue weighted by Crippen LogP contribution is -2.44. The van der Waals surface area contributed by atoms with Crippen LogP contribution in [0.5, 0.6) is 17.2 Å². The molecule has 1 heterocycles. The number of ether oxygens (including phenoxy) is 3. The van der Waals surface area contributed by atoms with E-state index in [2.05, 4.69) is 32.7 Å². The second-order valence-electron chi connectivity index (χ2n) is 7.15. The normalized spacial score (nSPS) is 15.8. The Balaban J connectivity index is 0.00000341. The molecule has 0 radical (unpaired) electrons. The third-order valence-corrected chi connectivity index (χ3v) is 5.12. The molecule has 31 heavy (non-hydrogen) atoms. The van der Waals surface area contributed by atoms with Gasteiger partial charge in [-0.3, -0.25) is 4.99 Å². The fourth-order valence-electron chi connectivity index (χ4n) is 3.57. The van der Waals surface area contributed by atoms with E-state index in [-0.39, 0.29) is 24.0 Å². The zero-order valence-electron chi connectivity index (χ0n) is 18.7. The molecule has 0 bridgehead atoms. The lowest BCUT2D eigenvalue weighted by Gasteiger charge is -2.21. The summed E-state index contributed by atoms with van der Waals surface area (Å²) in [4.78, 5) is 6.72. The van der Waals surface area contributed by atoms with E-state index in [1.54, 1.807) is 21.3 Å². The van der Waals surface area contributed by atoms with Crippen LogP contribution < -0.4 is 29.7 Å². The molecule has 1 saturated heterocycles. The maximum atomic E-state index is 5.58. The van der Waals surface area contributed by atoms with Gasteiger partial charge < -0.3 is 29.7 Å². The van der Waals surface area contributed by atoms with Crippen molar-refractivity contribution in [3.8, 4) is 17.2 Å². The summed E-state index contributed by atoms with van der Waals surface area (Å²) in [6.07, 6.45) is 1.03. The summed E-state index contributed by atoms with van der Waals surface area (Å²) in [5.41, 5.74) is 2.26. The van der Waals surface area contributed by atoms with Crippen LogP contribution in [0.2, 0.25) is 0 Å². The van der Waals surface area contributed by atoms with Crippen LogP contribution in [0.1, 0.15) is 18.9 Å². The second kappa shape index (κ2) is 12.5. The predicted molar refractivity (Wildman–Crippen MR) is 137 cm³/mol. The largest absolute Gasteiger partial charge is 0.497 e. The molecule has 7 nitrogen and oxygen atoms in total. The van der Waals surface area contributed by atoms with Crippen LogP contribution in [0.25, 0.3) is 0 Å². The van der Waals surface area contributed by atoms with E-state index in [0.717, 1.165) is 54.0 Å². The van der Waals surface area contributed by atoms with Gasteiger partial charge in [-0.25, -0.2) is 0 Å². The van der Waals surface area contributed by atoms with Gasteiger partial charge in [0.1, 0.15) is 17.2 Å². The molecule has 0 aromatic heterocycles. The molecular formula is C23H33IN4O3. The van der Waals surface area contributed by atoms with E-state index in [1.165, 1.54) is 0 Å². The molecular weight excluding hydrogens is 507 g/mol. The van der Waals surface area contributed by atoms with Crippen LogP contribution in [0.4, 0.5) is 5.69 Å². The Labute approximate surface area is 202 Å². The number of hydrogen-bond donors (Lipinski definition) is 2. The monoisotopic (exact) mass is 540 g/mol. The smallest absolute Gasteiger partial charge is 0.191 e. The van der Waals surface area contributed by atoms with Gasteiger partial charge in [0.05, 0.1) is 20.8 Å². The third kappa shape index (κ3) is 7.09. The highest BCUT2D eigenvalue weighted by Gasteiger charge is 2.24. The van der Waals surface area contributed by atoms with E-state index in [4.69, 9.17) is 14.2 Å². The van der Waals surface area contributed by atoms with Crippen LogP contribution >= 0.6 is 24.0 Å². The molecule has 1 unspecified atom stereocenters. The summed E-state index contributed by atoms with van der Waals surface area (Å²) >= 11 is 0. The molecule has 1 aliphatic rings. The number of rotatable bonds is 8. The van der Waals surface area contributed by atoms with Crippen molar-refractivity contribution >= 4 is 35.6 Å². The number of guanidine groups is 1. The number of nitrogens with zero attached hydrogens (tertiary/aromatic N) is 2. The molecule has 0 aliphatic carbocycles. The molecule has 1 fully saturated rings. The van der Waals surface area contributed by atoms with E-state index in [0.29, 0.717) is 19.2 Å². The Morgan fingerprint density at radius 3 is 2.48 bits per heavy atom. The Morgan fingerprint density at radius 2 is 1.84 bits per heavy atom. The lowest BCUT2D eigenvalue weighted by atomic mass is 10.2. The third-order valence-electron chi connectivity index (χ3n) is 5.12. The minimum atomic E-state index is 0. The van der Waals surface area contributed by atoms with Crippen molar-refractivity contribution in [1.82, 2.24) is 10.6 Å². The van der Waals surface area contributed by atoms with Crippen molar-refractivity contribution in [3.05, 3.63) is 48.0 Å². The fraction of sp³-hybridized carbons (Fsp3) is 0.435. The Kier molecular flexibility index (Phi) is 10.0. The lowest BCUT2D eigenvalue weighted by molar-refractivity contribution is 0.340. The summed E-state index contributed by atoms with van der Waals surface area (Å²) in [5.74, 6) is 3.28. The van der Waals surface area contributed by atoms with E-state index >= 15 is 0 Å². The summed E-state index contributed by atoms with van der Waals surface area (Å²) in [5, 5.41) is 6.93. The number of anilines is 1. The van der Waals surface area contributed by atoms with Crippen molar-refractivity contribution < 1.29 is 14.2 Å². The highest BCUT2D eigenvalue weighted by molar-refractivity contribution is 14.0. The van der Waals surface area contributed by atoms with Gasteiger partial charge in [-0.05, 0) is 31.0 Å². The number of hydrogen-bond acceptors (Lipinski definition) is 5. The molecule has 0 saturated carbocycles. The van der Waals surface area contributed by atoms with Gasteiger partial charge in [0.15, 0.2) is 5.96 Å². The first kappa shape index (κ1) is 24.9. The Morgan fingerprint density at radius 1 is 1.10 bits per heavy atom. The number of nitrogens with one attached hydrogen (secondary N) is 2. The van der Waals surface area contributed by atoms with Crippen molar-refractivity contribution in [2.45, 2.75) is 25.9 Å². The van der Waals surface area contributed by atoms with Gasteiger partial charge >= 0.3 is 0 Å². The summed E-state index contributed by atoms with van der Waals surface area (Å²) in [6, 6.07) is 14.4. The molecule has 1 atom stereocenters. The van der Waals surface area contributed by atoms with Crippen LogP contribution in [0, 0.1) is 0 Å². The highest BCUT2D eigenvalue weighted by Crippen LogP contribution is 2.30. The van der Waals surface area contributed by atoms with E-state index in [1.807, 2.05) is 37.3 Å². The topological polar surface area (TPSA) is 67.4 Å². The highest BCUT2D eigenvalue weighted by atomic mass is 127. The number of benzene rings is 2. The first-order chi connectivity index (χ1) is 14.6. The molecule has 0 spiro atoms. The minimum Gasteiger partial charge on any atom is -0.497 e. The molecule has 2 aromatic rings. The quantitative estimate of drug-likeness (QED) is 0.303. The molecule has 2 N–H and O–H groups in total. The molecule has 8 heteroatoms. The zero-order valence-corrected chi connectivity index (χ0v) is 21.0. The van der Waals surface area contributed by atoms with Gasteiger partial charge in [0.25, 0.3) is 0 Å². The number of aliphatic imine (C=N–C) groups is 1. The van der Waals surface area contributed by atoms with Crippen LogP contribution in [0.15, 0.2) is 47.5 Å². The van der Waals surface area contributed by atoms with Crippen LogP contribution in [-0.4, -0.2) is 53.0 Å². The van der Waals surface area contributed by atoms with Gasteiger partial charge in [-0.15, -0.1) is 24.0 Å². The van der Waals surface area contributed by atoms with Crippen molar-refractivity contribution in [2.75, 3.05) is 45.9 Å². The van der Waals surface area contributed by atoms with Crippen LogP contribution in [0.3, 0.4) is 0 Å². The summed E-state index contributed by atoms with van der Waals surface area (Å²) < 4.78 is 16.4. The fourth-order valence-corrected chi connectivity index (χ4v) is 3.57.